The maximum Gasteiger partial charge on any atom is 0.0113 e. The first-order valence-corrected chi connectivity index (χ1v) is 9.48. The number of hydrogen-bond donors (Lipinski definition) is 1. The van der Waals surface area contributed by atoms with E-state index >= 15 is 0 Å². The van der Waals surface area contributed by atoms with Crippen LogP contribution in [0.1, 0.15) is 66.7 Å². The van der Waals surface area contributed by atoms with Gasteiger partial charge in [-0.3, -0.25) is 4.90 Å². The largest absolute Gasteiger partial charge is 0.314 e. The van der Waals surface area contributed by atoms with Gasteiger partial charge in [-0.2, -0.15) is 0 Å². The monoisotopic (exact) mass is 294 g/mol. The van der Waals surface area contributed by atoms with Gasteiger partial charge in [0.1, 0.15) is 0 Å². The molecule has 0 aromatic rings. The predicted molar refractivity (Wildman–Crippen MR) is 92.6 cm³/mol. The van der Waals surface area contributed by atoms with Crippen LogP contribution in [0, 0.1) is 23.7 Å². The molecule has 0 aromatic heterocycles. The molecule has 2 saturated carbocycles. The highest BCUT2D eigenvalue weighted by molar-refractivity contribution is 4.93. The molecule has 0 amide bonds. The Balaban J connectivity index is 1.97. The van der Waals surface area contributed by atoms with Crippen LogP contribution in [0.2, 0.25) is 0 Å². The standard InChI is InChI=1S/C19H38N2/c1-6-9-20-19-11-15(4)10-16(5)18(19)13-21(12-14(2)3)17-7-8-17/h14-20H,6-13H2,1-5H3. The van der Waals surface area contributed by atoms with Gasteiger partial charge in [0.2, 0.25) is 0 Å². The van der Waals surface area contributed by atoms with Crippen molar-refractivity contribution in [2.24, 2.45) is 23.7 Å². The zero-order valence-electron chi connectivity index (χ0n) is 15.1. The molecule has 2 rings (SSSR count). The van der Waals surface area contributed by atoms with Gasteiger partial charge < -0.3 is 5.32 Å². The molecule has 0 saturated heterocycles. The smallest absolute Gasteiger partial charge is 0.0113 e. The molecule has 124 valence electrons. The van der Waals surface area contributed by atoms with Crippen molar-refractivity contribution in [1.82, 2.24) is 10.2 Å². The third kappa shape index (κ3) is 5.25. The van der Waals surface area contributed by atoms with Crippen LogP contribution in [-0.2, 0) is 0 Å². The first-order valence-electron chi connectivity index (χ1n) is 9.48. The topological polar surface area (TPSA) is 15.3 Å². The zero-order chi connectivity index (χ0) is 15.4. The minimum Gasteiger partial charge on any atom is -0.314 e. The van der Waals surface area contributed by atoms with Crippen LogP contribution < -0.4 is 5.32 Å². The molecule has 4 atom stereocenters. The van der Waals surface area contributed by atoms with Crippen LogP contribution in [0.5, 0.6) is 0 Å². The van der Waals surface area contributed by atoms with Gasteiger partial charge in [0.05, 0.1) is 0 Å². The van der Waals surface area contributed by atoms with E-state index in [9.17, 15) is 0 Å². The van der Waals surface area contributed by atoms with E-state index in [2.05, 4.69) is 44.8 Å². The lowest BCUT2D eigenvalue weighted by Gasteiger charge is -2.43. The second-order valence-corrected chi connectivity index (χ2v) is 8.36. The van der Waals surface area contributed by atoms with Crippen molar-refractivity contribution >= 4 is 0 Å². The van der Waals surface area contributed by atoms with Gasteiger partial charge in [0.25, 0.3) is 0 Å². The van der Waals surface area contributed by atoms with E-state index in [4.69, 9.17) is 0 Å². The summed E-state index contributed by atoms with van der Waals surface area (Å²) in [5, 5.41) is 3.87. The SMILES string of the molecule is CCCNC1CC(C)CC(C)C1CN(CC(C)C)C1CC1. The number of hydrogen-bond acceptors (Lipinski definition) is 2. The molecule has 1 N–H and O–H groups in total. The Morgan fingerprint density at radius 1 is 1.14 bits per heavy atom. The molecule has 4 unspecified atom stereocenters. The van der Waals surface area contributed by atoms with E-state index in [0.29, 0.717) is 0 Å². The van der Waals surface area contributed by atoms with Crippen molar-refractivity contribution in [2.45, 2.75) is 78.8 Å². The molecular weight excluding hydrogens is 256 g/mol. The third-order valence-electron chi connectivity index (χ3n) is 5.44. The predicted octanol–water partition coefficient (Wildman–Crippen LogP) is 4.16. The van der Waals surface area contributed by atoms with Crippen LogP contribution in [0.15, 0.2) is 0 Å². The van der Waals surface area contributed by atoms with Crippen LogP contribution in [-0.4, -0.2) is 36.6 Å². The summed E-state index contributed by atoms with van der Waals surface area (Å²) < 4.78 is 0. The summed E-state index contributed by atoms with van der Waals surface area (Å²) in [5.74, 6) is 3.42. The molecule has 2 heteroatoms. The quantitative estimate of drug-likeness (QED) is 0.723. The summed E-state index contributed by atoms with van der Waals surface area (Å²) >= 11 is 0. The maximum atomic E-state index is 3.87. The molecule has 0 bridgehead atoms. The van der Waals surface area contributed by atoms with Gasteiger partial charge in [0, 0.05) is 25.2 Å². The zero-order valence-corrected chi connectivity index (χ0v) is 15.1. The molecule has 2 nitrogen and oxygen atoms in total. The Hall–Kier alpha value is -0.0800. The van der Waals surface area contributed by atoms with E-state index in [1.165, 1.54) is 51.7 Å². The summed E-state index contributed by atoms with van der Waals surface area (Å²) in [6, 6.07) is 1.66. The normalized spacial score (nSPS) is 33.9. The minimum absolute atomic E-state index is 0.747. The second-order valence-electron chi connectivity index (χ2n) is 8.36. The second kappa shape index (κ2) is 7.97. The van der Waals surface area contributed by atoms with Gasteiger partial charge in [0.15, 0.2) is 0 Å². The van der Waals surface area contributed by atoms with Crippen molar-refractivity contribution in [2.75, 3.05) is 19.6 Å². The van der Waals surface area contributed by atoms with Crippen LogP contribution in [0.4, 0.5) is 0 Å². The molecule has 0 radical (unpaired) electrons. The highest BCUT2D eigenvalue weighted by atomic mass is 15.2. The van der Waals surface area contributed by atoms with Crippen LogP contribution >= 0.6 is 0 Å². The summed E-state index contributed by atoms with van der Waals surface area (Å²) in [4.78, 5) is 2.82. The van der Waals surface area contributed by atoms with E-state index in [-0.39, 0.29) is 0 Å². The van der Waals surface area contributed by atoms with E-state index in [0.717, 1.165) is 35.8 Å². The lowest BCUT2D eigenvalue weighted by molar-refractivity contribution is 0.0916. The van der Waals surface area contributed by atoms with Gasteiger partial charge in [-0.05, 0) is 62.3 Å². The Kier molecular flexibility index (Phi) is 6.55. The van der Waals surface area contributed by atoms with Gasteiger partial charge in [-0.25, -0.2) is 0 Å². The summed E-state index contributed by atoms with van der Waals surface area (Å²) in [5.41, 5.74) is 0. The minimum atomic E-state index is 0.747. The molecule has 2 fully saturated rings. The molecule has 0 heterocycles. The van der Waals surface area contributed by atoms with Crippen LogP contribution in [0.25, 0.3) is 0 Å². The number of nitrogens with zero attached hydrogens (tertiary/aromatic N) is 1. The Morgan fingerprint density at radius 2 is 1.86 bits per heavy atom. The molecule has 0 aromatic carbocycles. The fourth-order valence-corrected chi connectivity index (χ4v) is 4.33. The summed E-state index contributed by atoms with van der Waals surface area (Å²) in [6.45, 7) is 15.8. The molecule has 21 heavy (non-hydrogen) atoms. The highest BCUT2D eigenvalue weighted by Gasteiger charge is 2.38. The van der Waals surface area contributed by atoms with Crippen LogP contribution in [0.3, 0.4) is 0 Å². The third-order valence-corrected chi connectivity index (χ3v) is 5.44. The van der Waals surface area contributed by atoms with Gasteiger partial charge in [-0.15, -0.1) is 0 Å². The van der Waals surface area contributed by atoms with Crippen molar-refractivity contribution in [3.05, 3.63) is 0 Å². The molecule has 0 spiro atoms. The number of nitrogens with one attached hydrogen (secondary N) is 1. The summed E-state index contributed by atoms with van der Waals surface area (Å²) in [6.07, 6.45) is 6.95. The lowest BCUT2D eigenvalue weighted by atomic mass is 9.72. The fourth-order valence-electron chi connectivity index (χ4n) is 4.33. The Bertz CT molecular complexity index is 298. The van der Waals surface area contributed by atoms with Crippen molar-refractivity contribution in [3.63, 3.8) is 0 Å². The molecular formula is C19H38N2. The maximum absolute atomic E-state index is 3.87. The van der Waals surface area contributed by atoms with Crippen molar-refractivity contribution in [1.29, 1.82) is 0 Å². The van der Waals surface area contributed by atoms with E-state index in [1.807, 2.05) is 0 Å². The first kappa shape index (κ1) is 17.3. The van der Waals surface area contributed by atoms with E-state index < -0.39 is 0 Å². The first-order chi connectivity index (χ1) is 10.0. The van der Waals surface area contributed by atoms with Gasteiger partial charge >= 0.3 is 0 Å². The molecule has 2 aliphatic rings. The summed E-state index contributed by atoms with van der Waals surface area (Å²) in [7, 11) is 0. The average Bonchev–Trinajstić information content (AvgIpc) is 3.22. The Morgan fingerprint density at radius 3 is 2.43 bits per heavy atom. The molecule has 0 aliphatic heterocycles. The average molecular weight is 295 g/mol. The van der Waals surface area contributed by atoms with Gasteiger partial charge in [-0.1, -0.05) is 34.6 Å². The van der Waals surface area contributed by atoms with Crippen molar-refractivity contribution < 1.29 is 0 Å². The fraction of sp³-hybridized carbons (Fsp3) is 1.00. The Labute approximate surface area is 133 Å². The van der Waals surface area contributed by atoms with Crippen molar-refractivity contribution in [3.8, 4) is 0 Å². The van der Waals surface area contributed by atoms with E-state index in [1.54, 1.807) is 0 Å². The lowest BCUT2D eigenvalue weighted by Crippen LogP contribution is -2.50. The number of rotatable bonds is 8. The molecule has 2 aliphatic carbocycles. The highest BCUT2D eigenvalue weighted by Crippen LogP contribution is 2.37.